The quantitative estimate of drug-likeness (QED) is 0.759. The van der Waals surface area contributed by atoms with Crippen LogP contribution in [0.15, 0.2) is 0 Å². The van der Waals surface area contributed by atoms with Crippen molar-refractivity contribution in [1.82, 2.24) is 10.6 Å². The highest BCUT2D eigenvalue weighted by molar-refractivity contribution is 5.85. The standard InChI is InChI=1S/C12H22N2O2.ClH/c1-12(2,3)16-11(15)14-10-6-8-4-5-13-7-9(8)10;/h8-10,13H,4-7H2,1-3H3,(H,14,15);1H. The molecule has 0 bridgehead atoms. The average molecular weight is 263 g/mol. The van der Waals surface area contributed by atoms with Crippen molar-refractivity contribution in [3.8, 4) is 0 Å². The van der Waals surface area contributed by atoms with E-state index in [9.17, 15) is 4.79 Å². The lowest BCUT2D eigenvalue weighted by Crippen LogP contribution is -2.59. The molecule has 1 amide bonds. The van der Waals surface area contributed by atoms with Crippen LogP contribution in [-0.4, -0.2) is 30.8 Å². The van der Waals surface area contributed by atoms with E-state index < -0.39 is 5.60 Å². The summed E-state index contributed by atoms with van der Waals surface area (Å²) < 4.78 is 5.25. The van der Waals surface area contributed by atoms with Crippen LogP contribution >= 0.6 is 12.4 Å². The Hall–Kier alpha value is -0.480. The number of ether oxygens (including phenoxy) is 1. The van der Waals surface area contributed by atoms with Crippen molar-refractivity contribution in [3.05, 3.63) is 0 Å². The summed E-state index contributed by atoms with van der Waals surface area (Å²) in [4.78, 5) is 11.6. The molecule has 0 aromatic rings. The fourth-order valence-corrected chi connectivity index (χ4v) is 2.63. The van der Waals surface area contributed by atoms with E-state index in [1.807, 2.05) is 20.8 Å². The minimum absolute atomic E-state index is 0. The maximum absolute atomic E-state index is 11.6. The molecule has 1 aliphatic carbocycles. The minimum atomic E-state index is -0.405. The van der Waals surface area contributed by atoms with E-state index in [0.717, 1.165) is 25.4 Å². The number of hydrogen-bond donors (Lipinski definition) is 2. The molecule has 1 saturated carbocycles. The van der Waals surface area contributed by atoms with Gasteiger partial charge in [0.25, 0.3) is 0 Å². The molecular formula is C12H23ClN2O2. The Morgan fingerprint density at radius 3 is 2.71 bits per heavy atom. The van der Waals surface area contributed by atoms with Gasteiger partial charge in [-0.2, -0.15) is 0 Å². The molecule has 2 aliphatic rings. The lowest BCUT2D eigenvalue weighted by atomic mass is 9.66. The summed E-state index contributed by atoms with van der Waals surface area (Å²) in [5.74, 6) is 1.42. The van der Waals surface area contributed by atoms with Crippen molar-refractivity contribution in [2.75, 3.05) is 13.1 Å². The van der Waals surface area contributed by atoms with Gasteiger partial charge >= 0.3 is 6.09 Å². The van der Waals surface area contributed by atoms with E-state index in [2.05, 4.69) is 10.6 Å². The summed E-state index contributed by atoms with van der Waals surface area (Å²) >= 11 is 0. The Balaban J connectivity index is 0.00000144. The molecule has 0 aromatic heterocycles. The van der Waals surface area contributed by atoms with Crippen LogP contribution in [0.2, 0.25) is 0 Å². The third kappa shape index (κ3) is 3.75. The van der Waals surface area contributed by atoms with E-state index in [1.54, 1.807) is 0 Å². The van der Waals surface area contributed by atoms with E-state index in [1.165, 1.54) is 6.42 Å². The number of piperidine rings is 1. The average Bonchev–Trinajstić information content (AvgIpc) is 2.11. The molecule has 0 spiro atoms. The lowest BCUT2D eigenvalue weighted by molar-refractivity contribution is 0.0276. The molecule has 2 rings (SSSR count). The second kappa shape index (κ2) is 5.44. The van der Waals surface area contributed by atoms with Gasteiger partial charge in [0.1, 0.15) is 5.60 Å². The number of rotatable bonds is 1. The normalized spacial score (nSPS) is 31.6. The van der Waals surface area contributed by atoms with E-state index >= 15 is 0 Å². The third-order valence-corrected chi connectivity index (χ3v) is 3.45. The zero-order valence-corrected chi connectivity index (χ0v) is 11.6. The van der Waals surface area contributed by atoms with E-state index in [-0.39, 0.29) is 18.5 Å². The summed E-state index contributed by atoms with van der Waals surface area (Å²) in [6.45, 7) is 7.82. The van der Waals surface area contributed by atoms with Gasteiger partial charge in [0.05, 0.1) is 0 Å². The molecule has 0 aromatic carbocycles. The van der Waals surface area contributed by atoms with Gasteiger partial charge in [-0.3, -0.25) is 0 Å². The topological polar surface area (TPSA) is 50.4 Å². The number of amides is 1. The molecule has 1 saturated heterocycles. The molecule has 3 atom stereocenters. The second-order valence-electron chi connectivity index (χ2n) is 5.91. The van der Waals surface area contributed by atoms with Gasteiger partial charge in [0.2, 0.25) is 0 Å². The number of fused-ring (bicyclic) bond motifs is 1. The number of nitrogens with one attached hydrogen (secondary N) is 2. The Morgan fingerprint density at radius 1 is 1.41 bits per heavy atom. The maximum Gasteiger partial charge on any atom is 0.407 e. The molecule has 1 heterocycles. The Kier molecular flexibility index (Phi) is 4.67. The van der Waals surface area contributed by atoms with Gasteiger partial charge in [-0.25, -0.2) is 4.79 Å². The summed E-state index contributed by atoms with van der Waals surface area (Å²) in [6, 6.07) is 0.313. The molecule has 0 radical (unpaired) electrons. The molecule has 4 nitrogen and oxygen atoms in total. The highest BCUT2D eigenvalue weighted by Crippen LogP contribution is 2.38. The molecule has 2 fully saturated rings. The molecule has 100 valence electrons. The van der Waals surface area contributed by atoms with Gasteiger partial charge < -0.3 is 15.4 Å². The predicted octanol–water partition coefficient (Wildman–Crippen LogP) is 1.93. The van der Waals surface area contributed by atoms with Gasteiger partial charge in [0, 0.05) is 12.6 Å². The second-order valence-corrected chi connectivity index (χ2v) is 5.91. The molecule has 3 unspecified atom stereocenters. The first kappa shape index (κ1) is 14.6. The van der Waals surface area contributed by atoms with E-state index in [4.69, 9.17) is 4.74 Å². The highest BCUT2D eigenvalue weighted by atomic mass is 35.5. The number of halogens is 1. The first-order chi connectivity index (χ1) is 7.46. The Labute approximate surface area is 109 Å². The number of carbonyl (C=O) groups is 1. The first-order valence-corrected chi connectivity index (χ1v) is 6.16. The van der Waals surface area contributed by atoms with Crippen LogP contribution in [0.5, 0.6) is 0 Å². The fraction of sp³-hybridized carbons (Fsp3) is 0.917. The van der Waals surface area contributed by atoms with Crippen LogP contribution in [0.3, 0.4) is 0 Å². The molecule has 17 heavy (non-hydrogen) atoms. The zero-order valence-electron chi connectivity index (χ0n) is 10.8. The molecule has 2 N–H and O–H groups in total. The van der Waals surface area contributed by atoms with Crippen molar-refractivity contribution >= 4 is 18.5 Å². The Bertz CT molecular complexity index is 278. The van der Waals surface area contributed by atoms with Crippen LogP contribution in [0.25, 0.3) is 0 Å². The smallest absolute Gasteiger partial charge is 0.407 e. The van der Waals surface area contributed by atoms with Crippen LogP contribution in [0, 0.1) is 11.8 Å². The van der Waals surface area contributed by atoms with Crippen molar-refractivity contribution in [1.29, 1.82) is 0 Å². The zero-order chi connectivity index (χ0) is 11.8. The summed E-state index contributed by atoms with van der Waals surface area (Å²) in [7, 11) is 0. The van der Waals surface area contributed by atoms with Crippen molar-refractivity contribution < 1.29 is 9.53 Å². The van der Waals surface area contributed by atoms with Crippen molar-refractivity contribution in [2.45, 2.75) is 45.3 Å². The molecular weight excluding hydrogens is 240 g/mol. The SMILES string of the molecule is CC(C)(C)OC(=O)NC1CC2CCNCC21.Cl. The summed E-state index contributed by atoms with van der Waals surface area (Å²) in [5.41, 5.74) is -0.405. The largest absolute Gasteiger partial charge is 0.444 e. The van der Waals surface area contributed by atoms with Crippen molar-refractivity contribution in [2.24, 2.45) is 11.8 Å². The maximum atomic E-state index is 11.6. The van der Waals surface area contributed by atoms with Crippen LogP contribution in [0.4, 0.5) is 4.79 Å². The Morgan fingerprint density at radius 2 is 2.12 bits per heavy atom. The molecule has 5 heteroatoms. The number of carbonyl (C=O) groups excluding carboxylic acids is 1. The van der Waals surface area contributed by atoms with Gasteiger partial charge in [0.15, 0.2) is 0 Å². The summed E-state index contributed by atoms with van der Waals surface area (Å²) in [5, 5.41) is 6.35. The van der Waals surface area contributed by atoms with Gasteiger partial charge in [-0.15, -0.1) is 12.4 Å². The van der Waals surface area contributed by atoms with Crippen LogP contribution in [0.1, 0.15) is 33.6 Å². The monoisotopic (exact) mass is 262 g/mol. The number of hydrogen-bond acceptors (Lipinski definition) is 3. The van der Waals surface area contributed by atoms with Gasteiger partial charge in [-0.1, -0.05) is 0 Å². The highest BCUT2D eigenvalue weighted by Gasteiger charge is 2.43. The number of alkyl carbamates (subject to hydrolysis) is 1. The predicted molar refractivity (Wildman–Crippen MR) is 69.5 cm³/mol. The van der Waals surface area contributed by atoms with E-state index in [0.29, 0.717) is 12.0 Å². The lowest BCUT2D eigenvalue weighted by Gasteiger charge is -2.48. The van der Waals surface area contributed by atoms with Crippen LogP contribution < -0.4 is 10.6 Å². The minimum Gasteiger partial charge on any atom is -0.444 e. The van der Waals surface area contributed by atoms with Crippen LogP contribution in [-0.2, 0) is 4.74 Å². The van der Waals surface area contributed by atoms with Gasteiger partial charge in [-0.05, 0) is 52.0 Å². The molecule has 1 aliphatic heterocycles. The van der Waals surface area contributed by atoms with Crippen molar-refractivity contribution in [3.63, 3.8) is 0 Å². The third-order valence-electron chi connectivity index (χ3n) is 3.45. The first-order valence-electron chi connectivity index (χ1n) is 6.16. The fourth-order valence-electron chi connectivity index (χ4n) is 2.63. The summed E-state index contributed by atoms with van der Waals surface area (Å²) in [6.07, 6.45) is 2.09.